The van der Waals surface area contributed by atoms with E-state index < -0.39 is 0 Å². The molecule has 0 aromatic carbocycles. The van der Waals surface area contributed by atoms with Crippen molar-refractivity contribution >= 4 is 0 Å². The van der Waals surface area contributed by atoms with Gasteiger partial charge in [0.1, 0.15) is 0 Å². The average Bonchev–Trinajstić information content (AvgIpc) is 2.25. The zero-order valence-electron chi connectivity index (χ0n) is 11.1. The Morgan fingerprint density at radius 2 is 1.80 bits per heavy atom. The molecule has 0 aromatic rings. The van der Waals surface area contributed by atoms with E-state index in [-0.39, 0.29) is 0 Å². The van der Waals surface area contributed by atoms with Gasteiger partial charge in [0.05, 0.1) is 0 Å². The summed E-state index contributed by atoms with van der Waals surface area (Å²) >= 11 is 0. The Balaban J connectivity index is 2.30. The largest absolute Gasteiger partial charge is 0.313 e. The molecule has 1 aliphatic rings. The molecule has 0 aromatic heterocycles. The smallest absolute Gasteiger partial charge is 0.00953 e. The van der Waals surface area contributed by atoms with Crippen molar-refractivity contribution in [3.63, 3.8) is 0 Å². The zero-order valence-corrected chi connectivity index (χ0v) is 11.1. The van der Waals surface area contributed by atoms with Gasteiger partial charge in [0.25, 0.3) is 0 Å². The van der Waals surface area contributed by atoms with Crippen LogP contribution in [-0.2, 0) is 0 Å². The van der Waals surface area contributed by atoms with Gasteiger partial charge in [0, 0.05) is 6.04 Å². The first-order valence-corrected chi connectivity index (χ1v) is 6.92. The van der Waals surface area contributed by atoms with Gasteiger partial charge in [-0.15, -0.1) is 0 Å². The minimum Gasteiger partial charge on any atom is -0.313 e. The quantitative estimate of drug-likeness (QED) is 0.728. The van der Waals surface area contributed by atoms with E-state index in [1.165, 1.54) is 38.6 Å². The summed E-state index contributed by atoms with van der Waals surface area (Å²) in [7, 11) is 0. The zero-order chi connectivity index (χ0) is 11.3. The van der Waals surface area contributed by atoms with Crippen LogP contribution in [0.3, 0.4) is 0 Å². The standard InChI is InChI=1S/C14H29N/c1-5-13(6-2)10-15-14-9-7-8-11(3)12(14)4/h11-15H,5-10H2,1-4H3. The number of hydrogen-bond acceptors (Lipinski definition) is 1. The average molecular weight is 211 g/mol. The van der Waals surface area contributed by atoms with Gasteiger partial charge in [-0.1, -0.05) is 53.4 Å². The second kappa shape index (κ2) is 6.52. The molecular weight excluding hydrogens is 182 g/mol. The highest BCUT2D eigenvalue weighted by Gasteiger charge is 2.26. The molecule has 1 heteroatoms. The van der Waals surface area contributed by atoms with Crippen molar-refractivity contribution in [3.8, 4) is 0 Å². The fourth-order valence-electron chi connectivity index (χ4n) is 2.77. The molecule has 1 saturated carbocycles. The van der Waals surface area contributed by atoms with E-state index >= 15 is 0 Å². The van der Waals surface area contributed by atoms with E-state index in [1.54, 1.807) is 0 Å². The van der Waals surface area contributed by atoms with Crippen molar-refractivity contribution in [2.75, 3.05) is 6.54 Å². The third-order valence-electron chi connectivity index (χ3n) is 4.53. The Bertz CT molecular complexity index is 163. The van der Waals surface area contributed by atoms with Crippen molar-refractivity contribution in [1.82, 2.24) is 5.32 Å². The summed E-state index contributed by atoms with van der Waals surface area (Å²) in [5, 5.41) is 3.80. The van der Waals surface area contributed by atoms with Gasteiger partial charge in [0.15, 0.2) is 0 Å². The first kappa shape index (κ1) is 13.0. The van der Waals surface area contributed by atoms with Crippen LogP contribution in [0.4, 0.5) is 0 Å². The van der Waals surface area contributed by atoms with Gasteiger partial charge in [-0.25, -0.2) is 0 Å². The lowest BCUT2D eigenvalue weighted by Crippen LogP contribution is -2.42. The van der Waals surface area contributed by atoms with Crippen LogP contribution in [0, 0.1) is 17.8 Å². The number of hydrogen-bond donors (Lipinski definition) is 1. The van der Waals surface area contributed by atoms with E-state index in [1.807, 2.05) is 0 Å². The molecule has 0 amide bonds. The van der Waals surface area contributed by atoms with E-state index in [4.69, 9.17) is 0 Å². The molecule has 1 fully saturated rings. The summed E-state index contributed by atoms with van der Waals surface area (Å²) < 4.78 is 0. The highest BCUT2D eigenvalue weighted by Crippen LogP contribution is 2.29. The van der Waals surface area contributed by atoms with Crippen molar-refractivity contribution in [1.29, 1.82) is 0 Å². The molecule has 3 atom stereocenters. The number of rotatable bonds is 5. The highest BCUT2D eigenvalue weighted by atomic mass is 14.9. The molecule has 1 rings (SSSR count). The van der Waals surface area contributed by atoms with Crippen LogP contribution < -0.4 is 5.32 Å². The SMILES string of the molecule is CCC(CC)CNC1CCCC(C)C1C. The molecule has 0 radical (unpaired) electrons. The van der Waals surface area contributed by atoms with Crippen LogP contribution in [0.1, 0.15) is 59.8 Å². The van der Waals surface area contributed by atoms with E-state index in [2.05, 4.69) is 33.0 Å². The molecule has 0 saturated heterocycles. The minimum atomic E-state index is 0.786. The van der Waals surface area contributed by atoms with Gasteiger partial charge in [0.2, 0.25) is 0 Å². The molecule has 1 aliphatic carbocycles. The maximum atomic E-state index is 3.80. The maximum absolute atomic E-state index is 3.80. The Morgan fingerprint density at radius 1 is 1.13 bits per heavy atom. The monoisotopic (exact) mass is 211 g/mol. The van der Waals surface area contributed by atoms with Crippen LogP contribution in [0.25, 0.3) is 0 Å². The molecule has 15 heavy (non-hydrogen) atoms. The summed E-state index contributed by atoms with van der Waals surface area (Å²) in [5.41, 5.74) is 0. The van der Waals surface area contributed by atoms with Crippen molar-refractivity contribution in [2.45, 2.75) is 65.8 Å². The molecule has 0 heterocycles. The molecule has 90 valence electrons. The molecule has 0 aliphatic heterocycles. The van der Waals surface area contributed by atoms with Gasteiger partial charge in [-0.05, 0) is 30.7 Å². The lowest BCUT2D eigenvalue weighted by atomic mass is 9.78. The van der Waals surface area contributed by atoms with Crippen LogP contribution in [0.5, 0.6) is 0 Å². The van der Waals surface area contributed by atoms with Gasteiger partial charge >= 0.3 is 0 Å². The van der Waals surface area contributed by atoms with Gasteiger partial charge < -0.3 is 5.32 Å². The Morgan fingerprint density at radius 3 is 2.40 bits per heavy atom. The summed E-state index contributed by atoms with van der Waals surface area (Å²) in [5.74, 6) is 2.67. The topological polar surface area (TPSA) is 12.0 Å². The second-order valence-electron chi connectivity index (χ2n) is 5.46. The molecule has 1 nitrogen and oxygen atoms in total. The van der Waals surface area contributed by atoms with Crippen molar-refractivity contribution in [2.24, 2.45) is 17.8 Å². The van der Waals surface area contributed by atoms with Crippen LogP contribution >= 0.6 is 0 Å². The van der Waals surface area contributed by atoms with Crippen LogP contribution in [0.15, 0.2) is 0 Å². The lowest BCUT2D eigenvalue weighted by Gasteiger charge is -2.35. The first-order valence-electron chi connectivity index (χ1n) is 6.92. The van der Waals surface area contributed by atoms with Gasteiger partial charge in [-0.3, -0.25) is 0 Å². The second-order valence-corrected chi connectivity index (χ2v) is 5.46. The predicted molar refractivity (Wildman–Crippen MR) is 68.0 cm³/mol. The molecule has 0 bridgehead atoms. The predicted octanol–water partition coefficient (Wildman–Crippen LogP) is 3.84. The highest BCUT2D eigenvalue weighted by molar-refractivity contribution is 4.82. The third-order valence-corrected chi connectivity index (χ3v) is 4.53. The Kier molecular flexibility index (Phi) is 5.66. The van der Waals surface area contributed by atoms with Gasteiger partial charge in [-0.2, -0.15) is 0 Å². The van der Waals surface area contributed by atoms with E-state index in [0.29, 0.717) is 0 Å². The third kappa shape index (κ3) is 3.79. The van der Waals surface area contributed by atoms with Crippen LogP contribution in [0.2, 0.25) is 0 Å². The fourth-order valence-corrected chi connectivity index (χ4v) is 2.77. The molecule has 3 unspecified atom stereocenters. The summed E-state index contributed by atoms with van der Waals surface area (Å²) in [4.78, 5) is 0. The fraction of sp³-hybridized carbons (Fsp3) is 1.00. The van der Waals surface area contributed by atoms with Crippen molar-refractivity contribution in [3.05, 3.63) is 0 Å². The number of nitrogens with one attached hydrogen (secondary N) is 1. The Labute approximate surface area is 96.0 Å². The van der Waals surface area contributed by atoms with E-state index in [9.17, 15) is 0 Å². The maximum Gasteiger partial charge on any atom is 0.00953 e. The minimum absolute atomic E-state index is 0.786. The first-order chi connectivity index (χ1) is 7.19. The molecule has 0 spiro atoms. The van der Waals surface area contributed by atoms with E-state index in [0.717, 1.165) is 23.8 Å². The summed E-state index contributed by atoms with van der Waals surface area (Å²) in [6.45, 7) is 10.7. The lowest BCUT2D eigenvalue weighted by molar-refractivity contribution is 0.199. The van der Waals surface area contributed by atoms with Crippen LogP contribution in [-0.4, -0.2) is 12.6 Å². The molecule has 1 N–H and O–H groups in total. The van der Waals surface area contributed by atoms with Crippen molar-refractivity contribution < 1.29 is 0 Å². The Hall–Kier alpha value is -0.0400. The summed E-state index contributed by atoms with van der Waals surface area (Å²) in [6, 6.07) is 0.786. The molecular formula is C14H29N. The normalized spacial score (nSPS) is 32.2. The summed E-state index contributed by atoms with van der Waals surface area (Å²) in [6.07, 6.45) is 6.89.